The third kappa shape index (κ3) is 3.50. The highest BCUT2D eigenvalue weighted by molar-refractivity contribution is 8.01. The second-order valence-electron chi connectivity index (χ2n) is 9.90. The van der Waals surface area contributed by atoms with E-state index in [1.54, 1.807) is 29.2 Å². The number of hydrogen-bond acceptors (Lipinski definition) is 7. The number of thiophene rings is 1. The summed E-state index contributed by atoms with van der Waals surface area (Å²) in [5.41, 5.74) is 2.45. The largest absolute Gasteiger partial charge is 0.311 e. The Bertz CT molecular complexity index is 1810. The van der Waals surface area contributed by atoms with Gasteiger partial charge in [0.05, 0.1) is 21.5 Å². The van der Waals surface area contributed by atoms with Gasteiger partial charge < -0.3 is 4.90 Å². The van der Waals surface area contributed by atoms with Gasteiger partial charge in [-0.3, -0.25) is 9.59 Å². The number of pyridine rings is 1. The Kier molecular flexibility index (Phi) is 5.17. The highest BCUT2D eigenvalue weighted by Crippen LogP contribution is 2.57. The number of allylic oxidation sites excluding steroid dienone is 1. The summed E-state index contributed by atoms with van der Waals surface area (Å²) in [5, 5.41) is 2.10. The maximum absolute atomic E-state index is 13.3. The van der Waals surface area contributed by atoms with Crippen LogP contribution in [0.1, 0.15) is 43.3 Å². The van der Waals surface area contributed by atoms with Crippen LogP contribution in [0.5, 0.6) is 0 Å². The molecule has 0 saturated heterocycles. The molecule has 2 atom stereocenters. The number of ketones is 2. The lowest BCUT2D eigenvalue weighted by Crippen LogP contribution is -2.32. The maximum atomic E-state index is 13.3. The molecule has 188 valence electrons. The van der Waals surface area contributed by atoms with E-state index in [-0.39, 0.29) is 28.4 Å². The summed E-state index contributed by atoms with van der Waals surface area (Å²) in [7, 11) is 0. The lowest BCUT2D eigenvalue weighted by Gasteiger charge is -2.37. The van der Waals surface area contributed by atoms with E-state index in [1.165, 1.54) is 20.4 Å². The summed E-state index contributed by atoms with van der Waals surface area (Å²) in [5.74, 6) is 0.872. The molecule has 0 N–H and O–H groups in total. The van der Waals surface area contributed by atoms with E-state index >= 15 is 0 Å². The van der Waals surface area contributed by atoms with Crippen LogP contribution in [-0.4, -0.2) is 21.9 Å². The fourth-order valence-electron chi connectivity index (χ4n) is 5.68. The molecule has 0 spiro atoms. The smallest absolute Gasteiger partial charge is 0.197 e. The Labute approximate surface area is 237 Å². The number of carbonyl (C=O) groups excluding carboxylic acids is 2. The van der Waals surface area contributed by atoms with Crippen LogP contribution >= 0.6 is 34.9 Å². The monoisotopic (exact) mass is 560 g/mol. The van der Waals surface area contributed by atoms with Crippen LogP contribution in [0.3, 0.4) is 0 Å². The van der Waals surface area contributed by atoms with Crippen molar-refractivity contribution in [3.8, 4) is 0 Å². The number of thioether (sulfide) groups is 1. The number of benzene rings is 3. The minimum atomic E-state index is -0.182. The molecule has 4 heterocycles. The normalized spacial score (nSPS) is 19.2. The number of rotatable bonds is 2. The van der Waals surface area contributed by atoms with Gasteiger partial charge in [-0.2, -0.15) is 0 Å². The van der Waals surface area contributed by atoms with E-state index in [1.807, 2.05) is 60.4 Å². The van der Waals surface area contributed by atoms with Crippen molar-refractivity contribution >= 4 is 74.8 Å². The zero-order valence-corrected chi connectivity index (χ0v) is 23.2. The summed E-state index contributed by atoms with van der Waals surface area (Å²) in [4.78, 5) is 39.6. The average molecular weight is 561 g/mol. The van der Waals surface area contributed by atoms with Gasteiger partial charge in [0.25, 0.3) is 0 Å². The first-order valence-electron chi connectivity index (χ1n) is 12.7. The molecule has 0 radical (unpaired) electrons. The van der Waals surface area contributed by atoms with Gasteiger partial charge in [-0.1, -0.05) is 66.8 Å². The molecule has 0 saturated carbocycles. The third-order valence-electron chi connectivity index (χ3n) is 7.56. The predicted molar refractivity (Wildman–Crippen MR) is 160 cm³/mol. The number of aromatic nitrogens is 1. The van der Waals surface area contributed by atoms with Crippen molar-refractivity contribution in [1.82, 2.24) is 4.98 Å². The van der Waals surface area contributed by atoms with Gasteiger partial charge in [-0.15, -0.1) is 11.3 Å². The van der Waals surface area contributed by atoms with Crippen molar-refractivity contribution in [3.05, 3.63) is 112 Å². The lowest BCUT2D eigenvalue weighted by atomic mass is 10.0. The van der Waals surface area contributed by atoms with Gasteiger partial charge in [0.15, 0.2) is 11.6 Å². The Morgan fingerprint density at radius 1 is 0.821 bits per heavy atom. The molecule has 4 nitrogen and oxygen atoms in total. The number of Topliss-reactive ketones (excluding diaryl/α,β-unsaturated/α-hetero) is 2. The molecule has 2 unspecified atom stereocenters. The van der Waals surface area contributed by atoms with Crippen LogP contribution < -0.4 is 4.90 Å². The van der Waals surface area contributed by atoms with Gasteiger partial charge in [0.1, 0.15) is 5.82 Å². The van der Waals surface area contributed by atoms with E-state index < -0.39 is 0 Å². The van der Waals surface area contributed by atoms with E-state index in [0.717, 1.165) is 26.4 Å². The molecule has 5 aromatic rings. The topological polar surface area (TPSA) is 50.3 Å². The minimum Gasteiger partial charge on any atom is -0.311 e. The second-order valence-corrected chi connectivity index (χ2v) is 13.3. The molecule has 3 aromatic carbocycles. The SMILES string of the molecule is CC1c2sc(C=C3C(=O)c4cc5ccccc5cc4C3=O)cc2SC1N1c2ccccc2Sc2cccnc21. The van der Waals surface area contributed by atoms with Gasteiger partial charge in [0.2, 0.25) is 0 Å². The van der Waals surface area contributed by atoms with E-state index in [4.69, 9.17) is 4.98 Å². The van der Waals surface area contributed by atoms with Crippen molar-refractivity contribution in [2.24, 2.45) is 0 Å². The predicted octanol–water partition coefficient (Wildman–Crippen LogP) is 8.60. The number of anilines is 2. The molecule has 0 amide bonds. The zero-order chi connectivity index (χ0) is 26.2. The molecule has 3 aliphatic rings. The van der Waals surface area contributed by atoms with Crippen LogP contribution in [0.15, 0.2) is 105 Å². The Morgan fingerprint density at radius 3 is 2.26 bits per heavy atom. The van der Waals surface area contributed by atoms with Crippen LogP contribution in [0.25, 0.3) is 16.8 Å². The molecule has 39 heavy (non-hydrogen) atoms. The minimum absolute atomic E-state index is 0.162. The molecule has 2 aromatic heterocycles. The van der Waals surface area contributed by atoms with Crippen LogP contribution in [0.4, 0.5) is 11.5 Å². The Hall–Kier alpha value is -3.65. The number of fused-ring (bicyclic) bond motifs is 5. The zero-order valence-electron chi connectivity index (χ0n) is 20.8. The fourth-order valence-corrected chi connectivity index (χ4v) is 9.66. The lowest BCUT2D eigenvalue weighted by molar-refractivity contribution is 0.0990. The molecular formula is C32H20N2O2S3. The van der Waals surface area contributed by atoms with Crippen molar-refractivity contribution in [2.45, 2.75) is 32.9 Å². The van der Waals surface area contributed by atoms with Gasteiger partial charge in [-0.25, -0.2) is 4.98 Å². The first-order valence-corrected chi connectivity index (χ1v) is 15.2. The highest BCUT2D eigenvalue weighted by atomic mass is 32.2. The molecule has 8 rings (SSSR count). The number of nitrogens with zero attached hydrogens (tertiary/aromatic N) is 2. The van der Waals surface area contributed by atoms with Crippen LogP contribution in [-0.2, 0) is 0 Å². The molecular weight excluding hydrogens is 541 g/mol. The number of carbonyl (C=O) groups is 2. The average Bonchev–Trinajstić information content (AvgIpc) is 3.57. The first kappa shape index (κ1) is 23.3. The molecule has 0 fully saturated rings. The summed E-state index contributed by atoms with van der Waals surface area (Å²) in [6, 6.07) is 26.3. The van der Waals surface area contributed by atoms with Crippen molar-refractivity contribution < 1.29 is 9.59 Å². The van der Waals surface area contributed by atoms with Gasteiger partial charge in [-0.05, 0) is 59.3 Å². The van der Waals surface area contributed by atoms with Gasteiger partial charge >= 0.3 is 0 Å². The number of hydrogen-bond donors (Lipinski definition) is 0. The quantitative estimate of drug-likeness (QED) is 0.159. The highest BCUT2D eigenvalue weighted by Gasteiger charge is 2.41. The maximum Gasteiger partial charge on any atom is 0.197 e. The van der Waals surface area contributed by atoms with E-state index in [0.29, 0.717) is 11.1 Å². The van der Waals surface area contributed by atoms with E-state index in [9.17, 15) is 9.59 Å². The molecule has 0 bridgehead atoms. The summed E-state index contributed by atoms with van der Waals surface area (Å²) in [6.45, 7) is 2.26. The van der Waals surface area contributed by atoms with E-state index in [2.05, 4.69) is 48.2 Å². The van der Waals surface area contributed by atoms with Crippen molar-refractivity contribution in [2.75, 3.05) is 4.90 Å². The summed E-state index contributed by atoms with van der Waals surface area (Å²) < 4.78 is 0. The Morgan fingerprint density at radius 2 is 1.51 bits per heavy atom. The summed E-state index contributed by atoms with van der Waals surface area (Å²) >= 11 is 5.28. The number of para-hydroxylation sites is 1. The van der Waals surface area contributed by atoms with Crippen LogP contribution in [0, 0.1) is 0 Å². The summed E-state index contributed by atoms with van der Waals surface area (Å²) in [6.07, 6.45) is 3.66. The molecule has 1 aliphatic carbocycles. The van der Waals surface area contributed by atoms with Crippen molar-refractivity contribution in [1.29, 1.82) is 0 Å². The Balaban J connectivity index is 1.13. The first-order chi connectivity index (χ1) is 19.1. The van der Waals surface area contributed by atoms with Crippen molar-refractivity contribution in [3.63, 3.8) is 0 Å². The molecule has 7 heteroatoms. The second kappa shape index (κ2) is 8.68. The van der Waals surface area contributed by atoms with Crippen LogP contribution in [0.2, 0.25) is 0 Å². The van der Waals surface area contributed by atoms with Gasteiger partial charge in [0, 0.05) is 42.8 Å². The third-order valence-corrected chi connectivity index (χ3v) is 11.5. The fraction of sp³-hybridized carbons (Fsp3) is 0.0938. The standard InChI is InChI=1S/C32H20N2O2S3/c1-17-30-27(39-32(17)34-24-9-4-5-10-25(24)38-26-11-6-12-33-31(26)34)16-20(37-30)15-23-28(35)21-13-18-7-2-3-8-19(18)14-22(21)29(23)36/h2-17,32H,1H3. The molecule has 2 aliphatic heterocycles.